The second-order valence-corrected chi connectivity index (χ2v) is 3.55. The maximum absolute atomic E-state index is 5.47. The van der Waals surface area contributed by atoms with Crippen LogP contribution in [0.1, 0.15) is 6.92 Å². The number of aromatic nitrogens is 1. The standard InChI is InChI=1S/C9H9BrNO/c1-2-11-6-7-5-8(10)3-4-9(7)12-11/h3-6H,2H2,1H3/q+1. The van der Waals surface area contributed by atoms with Crippen molar-refractivity contribution >= 4 is 26.9 Å². The van der Waals surface area contributed by atoms with Crippen LogP contribution in [0.25, 0.3) is 11.0 Å². The second kappa shape index (κ2) is 2.90. The molecular formula is C9H9BrNO+. The summed E-state index contributed by atoms with van der Waals surface area (Å²) in [5.74, 6) is 0. The molecule has 0 aliphatic carbocycles. The second-order valence-electron chi connectivity index (χ2n) is 2.64. The van der Waals surface area contributed by atoms with Crippen molar-refractivity contribution in [1.29, 1.82) is 0 Å². The van der Waals surface area contributed by atoms with Gasteiger partial charge in [-0.25, -0.2) is 4.52 Å². The number of hydrogen-bond acceptors (Lipinski definition) is 1. The summed E-state index contributed by atoms with van der Waals surface area (Å²) in [4.78, 5) is 0. The SMILES string of the molecule is CC[n+]1cc2cc(Br)ccc2o1. The molecule has 12 heavy (non-hydrogen) atoms. The van der Waals surface area contributed by atoms with Crippen molar-refractivity contribution in [3.8, 4) is 0 Å². The molecule has 62 valence electrons. The van der Waals surface area contributed by atoms with Crippen LogP contribution in [0.2, 0.25) is 0 Å². The van der Waals surface area contributed by atoms with Gasteiger partial charge in [-0.2, -0.15) is 0 Å². The van der Waals surface area contributed by atoms with Crippen molar-refractivity contribution < 1.29 is 9.26 Å². The van der Waals surface area contributed by atoms with Crippen LogP contribution in [0.4, 0.5) is 0 Å². The van der Waals surface area contributed by atoms with Gasteiger partial charge in [0.1, 0.15) is 0 Å². The van der Waals surface area contributed by atoms with E-state index in [0.29, 0.717) is 0 Å². The molecule has 0 N–H and O–H groups in total. The summed E-state index contributed by atoms with van der Waals surface area (Å²) < 4.78 is 8.37. The predicted molar refractivity (Wildman–Crippen MR) is 49.8 cm³/mol. The van der Waals surface area contributed by atoms with Crippen molar-refractivity contribution in [2.75, 3.05) is 0 Å². The third-order valence-electron chi connectivity index (χ3n) is 1.78. The van der Waals surface area contributed by atoms with E-state index in [2.05, 4.69) is 22.9 Å². The quantitative estimate of drug-likeness (QED) is 0.684. The highest BCUT2D eigenvalue weighted by Gasteiger charge is 2.07. The zero-order valence-corrected chi connectivity index (χ0v) is 8.34. The van der Waals surface area contributed by atoms with E-state index in [9.17, 15) is 0 Å². The van der Waals surface area contributed by atoms with Gasteiger partial charge in [-0.05, 0) is 29.9 Å². The molecule has 0 radical (unpaired) electrons. The molecule has 1 heterocycles. The minimum Gasteiger partial charge on any atom is -0.236 e. The fourth-order valence-electron chi connectivity index (χ4n) is 1.17. The molecule has 1 aromatic heterocycles. The molecule has 2 nitrogen and oxygen atoms in total. The lowest BCUT2D eigenvalue weighted by molar-refractivity contribution is -0.857. The first kappa shape index (κ1) is 7.80. The molecule has 0 bridgehead atoms. The summed E-state index contributed by atoms with van der Waals surface area (Å²) >= 11 is 3.41. The molecule has 0 aliphatic rings. The Morgan fingerprint density at radius 1 is 1.50 bits per heavy atom. The van der Waals surface area contributed by atoms with E-state index in [1.807, 2.05) is 29.1 Å². The van der Waals surface area contributed by atoms with Crippen LogP contribution in [-0.2, 0) is 6.54 Å². The number of benzene rings is 1. The van der Waals surface area contributed by atoms with Crippen molar-refractivity contribution in [3.63, 3.8) is 0 Å². The van der Waals surface area contributed by atoms with Gasteiger partial charge in [0.25, 0.3) is 0 Å². The van der Waals surface area contributed by atoms with Gasteiger partial charge in [-0.15, -0.1) is 0 Å². The zero-order chi connectivity index (χ0) is 8.55. The number of aryl methyl sites for hydroxylation is 1. The van der Waals surface area contributed by atoms with Gasteiger partial charge < -0.3 is 0 Å². The molecule has 3 heteroatoms. The minimum absolute atomic E-state index is 0.867. The zero-order valence-electron chi connectivity index (χ0n) is 6.75. The van der Waals surface area contributed by atoms with Gasteiger partial charge in [0, 0.05) is 4.47 Å². The summed E-state index contributed by atoms with van der Waals surface area (Å²) in [5.41, 5.74) is 0.931. The smallest absolute Gasteiger partial charge is 0.227 e. The normalized spacial score (nSPS) is 10.8. The van der Waals surface area contributed by atoms with E-state index in [-0.39, 0.29) is 0 Å². The van der Waals surface area contributed by atoms with Gasteiger partial charge >= 0.3 is 0 Å². The molecule has 0 saturated heterocycles. The molecule has 0 spiro atoms. The summed E-state index contributed by atoms with van der Waals surface area (Å²) in [5, 5.41) is 1.13. The van der Waals surface area contributed by atoms with Crippen LogP contribution in [0.5, 0.6) is 0 Å². The molecule has 0 saturated carbocycles. The van der Waals surface area contributed by atoms with E-state index in [0.717, 1.165) is 22.0 Å². The monoisotopic (exact) mass is 226 g/mol. The highest BCUT2D eigenvalue weighted by Crippen LogP contribution is 2.17. The Balaban J connectivity index is 2.67. The molecular weight excluding hydrogens is 218 g/mol. The van der Waals surface area contributed by atoms with E-state index in [1.54, 1.807) is 0 Å². The third kappa shape index (κ3) is 1.25. The number of halogens is 1. The predicted octanol–water partition coefficient (Wildman–Crippen LogP) is 2.50. The third-order valence-corrected chi connectivity index (χ3v) is 2.28. The maximum atomic E-state index is 5.47. The van der Waals surface area contributed by atoms with E-state index >= 15 is 0 Å². The fraction of sp³-hybridized carbons (Fsp3) is 0.222. The highest BCUT2D eigenvalue weighted by atomic mass is 79.9. The average Bonchev–Trinajstić information content (AvgIpc) is 2.46. The molecule has 0 aliphatic heterocycles. The Kier molecular flexibility index (Phi) is 1.89. The summed E-state index contributed by atoms with van der Waals surface area (Å²) in [6, 6.07) is 5.99. The molecule has 2 aromatic rings. The molecule has 1 aromatic carbocycles. The van der Waals surface area contributed by atoms with Crippen molar-refractivity contribution in [1.82, 2.24) is 0 Å². The van der Waals surface area contributed by atoms with Crippen LogP contribution in [0.3, 0.4) is 0 Å². The topological polar surface area (TPSA) is 17.0 Å². The number of rotatable bonds is 1. The lowest BCUT2D eigenvalue weighted by Gasteiger charge is -1.83. The molecule has 0 fully saturated rings. The van der Waals surface area contributed by atoms with E-state index in [1.165, 1.54) is 0 Å². The van der Waals surface area contributed by atoms with Crippen LogP contribution in [0.15, 0.2) is 33.4 Å². The lowest BCUT2D eigenvalue weighted by atomic mass is 10.3. The molecule has 0 atom stereocenters. The Morgan fingerprint density at radius 3 is 3.08 bits per heavy atom. The lowest BCUT2D eigenvalue weighted by Crippen LogP contribution is -2.27. The van der Waals surface area contributed by atoms with Crippen LogP contribution < -0.4 is 4.74 Å². The first-order valence-electron chi connectivity index (χ1n) is 3.88. The van der Waals surface area contributed by atoms with Gasteiger partial charge in [-0.3, -0.25) is 0 Å². The largest absolute Gasteiger partial charge is 0.236 e. The van der Waals surface area contributed by atoms with Crippen molar-refractivity contribution in [2.45, 2.75) is 13.5 Å². The Bertz CT molecular complexity index is 408. The number of nitrogens with zero attached hydrogens (tertiary/aromatic N) is 1. The number of fused-ring (bicyclic) bond motifs is 1. The van der Waals surface area contributed by atoms with E-state index < -0.39 is 0 Å². The first-order chi connectivity index (χ1) is 5.79. The van der Waals surface area contributed by atoms with Gasteiger partial charge in [0.05, 0.1) is 5.39 Å². The summed E-state index contributed by atoms with van der Waals surface area (Å²) in [6.07, 6.45) is 2.00. The molecule has 2 rings (SSSR count). The Hall–Kier alpha value is -0.830. The van der Waals surface area contributed by atoms with E-state index in [4.69, 9.17) is 4.52 Å². The highest BCUT2D eigenvalue weighted by molar-refractivity contribution is 9.10. The summed E-state index contributed by atoms with van der Waals surface area (Å²) in [7, 11) is 0. The van der Waals surface area contributed by atoms with Crippen molar-refractivity contribution in [3.05, 3.63) is 28.9 Å². The average molecular weight is 227 g/mol. The minimum atomic E-state index is 0.867. The summed E-state index contributed by atoms with van der Waals surface area (Å²) in [6.45, 7) is 2.92. The molecule has 0 amide bonds. The van der Waals surface area contributed by atoms with Crippen LogP contribution in [-0.4, -0.2) is 0 Å². The fourth-order valence-corrected chi connectivity index (χ4v) is 1.55. The molecule has 0 unspecified atom stereocenters. The first-order valence-corrected chi connectivity index (χ1v) is 4.68. The Labute approximate surface area is 78.9 Å². The van der Waals surface area contributed by atoms with Crippen molar-refractivity contribution in [2.24, 2.45) is 0 Å². The van der Waals surface area contributed by atoms with Gasteiger partial charge in [0.2, 0.25) is 11.8 Å². The maximum Gasteiger partial charge on any atom is 0.227 e. The number of hydrogen-bond donors (Lipinski definition) is 0. The Morgan fingerprint density at radius 2 is 2.33 bits per heavy atom. The van der Waals surface area contributed by atoms with Crippen LogP contribution in [0, 0.1) is 0 Å². The van der Waals surface area contributed by atoms with Gasteiger partial charge in [0.15, 0.2) is 6.54 Å². The van der Waals surface area contributed by atoms with Gasteiger partial charge in [-0.1, -0.05) is 15.9 Å². The van der Waals surface area contributed by atoms with Crippen LogP contribution >= 0.6 is 15.9 Å².